The van der Waals surface area contributed by atoms with Gasteiger partial charge in [-0.1, -0.05) is 18.2 Å². The Balaban J connectivity index is 1.34. The quantitative estimate of drug-likeness (QED) is 0.438. The fraction of sp³-hybridized carbons (Fsp3) is 0.320. The van der Waals surface area contributed by atoms with Crippen LogP contribution in [0.1, 0.15) is 29.1 Å². The van der Waals surface area contributed by atoms with Crippen LogP contribution in [0.3, 0.4) is 0 Å². The molecule has 0 atom stereocenters. The van der Waals surface area contributed by atoms with Crippen LogP contribution in [0.5, 0.6) is 5.75 Å². The highest BCUT2D eigenvalue weighted by molar-refractivity contribution is 5.77. The van der Waals surface area contributed by atoms with Gasteiger partial charge in [0.25, 0.3) is 0 Å². The SMILES string of the molecule is CN(C)C(=O)CCc1ccc(-c2cnc(CCc3cccc4c3CCO4)n3cnnc23)cn1. The molecule has 3 aromatic heterocycles. The van der Waals surface area contributed by atoms with E-state index in [1.165, 1.54) is 11.1 Å². The molecule has 0 bridgehead atoms. The Bertz CT molecular complexity index is 1300. The molecule has 0 N–H and O–H groups in total. The summed E-state index contributed by atoms with van der Waals surface area (Å²) in [7, 11) is 3.53. The van der Waals surface area contributed by atoms with Crippen molar-refractivity contribution < 1.29 is 9.53 Å². The van der Waals surface area contributed by atoms with Gasteiger partial charge in [0.05, 0.1) is 6.61 Å². The molecule has 0 unspecified atom stereocenters. The zero-order chi connectivity index (χ0) is 22.8. The van der Waals surface area contributed by atoms with Gasteiger partial charge in [0, 0.05) is 68.1 Å². The fourth-order valence-electron chi connectivity index (χ4n) is 4.22. The Kier molecular flexibility index (Phi) is 5.73. The van der Waals surface area contributed by atoms with Crippen molar-refractivity contribution in [3.63, 3.8) is 0 Å². The molecule has 8 heteroatoms. The molecule has 0 radical (unpaired) electrons. The van der Waals surface area contributed by atoms with Crippen molar-refractivity contribution in [2.24, 2.45) is 0 Å². The second-order valence-corrected chi connectivity index (χ2v) is 8.43. The van der Waals surface area contributed by atoms with Crippen LogP contribution in [0.25, 0.3) is 16.8 Å². The Labute approximate surface area is 192 Å². The van der Waals surface area contributed by atoms with E-state index in [1.54, 1.807) is 25.3 Å². The van der Waals surface area contributed by atoms with Crippen molar-refractivity contribution in [3.8, 4) is 16.9 Å². The number of carbonyl (C=O) groups is 1. The van der Waals surface area contributed by atoms with Crippen molar-refractivity contribution in [2.75, 3.05) is 20.7 Å². The number of aryl methyl sites for hydroxylation is 3. The van der Waals surface area contributed by atoms with E-state index in [4.69, 9.17) is 9.72 Å². The summed E-state index contributed by atoms with van der Waals surface area (Å²) < 4.78 is 7.65. The fourth-order valence-corrected chi connectivity index (χ4v) is 4.22. The van der Waals surface area contributed by atoms with Gasteiger partial charge in [-0.25, -0.2) is 4.98 Å². The summed E-state index contributed by atoms with van der Waals surface area (Å²) >= 11 is 0. The molecule has 1 aromatic carbocycles. The third kappa shape index (κ3) is 4.28. The van der Waals surface area contributed by atoms with Crippen LogP contribution >= 0.6 is 0 Å². The number of nitrogens with zero attached hydrogens (tertiary/aromatic N) is 6. The van der Waals surface area contributed by atoms with Crippen LogP contribution in [-0.2, 0) is 30.5 Å². The third-order valence-corrected chi connectivity index (χ3v) is 6.10. The highest BCUT2D eigenvalue weighted by Gasteiger charge is 2.17. The Morgan fingerprint density at radius 2 is 2.00 bits per heavy atom. The second-order valence-electron chi connectivity index (χ2n) is 8.43. The normalized spacial score (nSPS) is 12.5. The van der Waals surface area contributed by atoms with Gasteiger partial charge in [0.15, 0.2) is 5.65 Å². The molecule has 0 saturated heterocycles. The van der Waals surface area contributed by atoms with Crippen molar-refractivity contribution in [1.29, 1.82) is 0 Å². The number of carbonyl (C=O) groups excluding carboxylic acids is 1. The minimum atomic E-state index is 0.0961. The van der Waals surface area contributed by atoms with Crippen molar-refractivity contribution >= 4 is 11.6 Å². The number of aromatic nitrogens is 5. The number of pyridine rings is 1. The average Bonchev–Trinajstić information content (AvgIpc) is 3.51. The molecular formula is C25H26N6O2. The summed E-state index contributed by atoms with van der Waals surface area (Å²) in [5.74, 6) is 2.02. The van der Waals surface area contributed by atoms with Crippen molar-refractivity contribution in [3.05, 3.63) is 71.7 Å². The zero-order valence-corrected chi connectivity index (χ0v) is 18.9. The van der Waals surface area contributed by atoms with E-state index in [0.717, 1.165) is 59.9 Å². The van der Waals surface area contributed by atoms with Gasteiger partial charge in [-0.05, 0) is 30.5 Å². The molecule has 4 heterocycles. The Morgan fingerprint density at radius 1 is 1.09 bits per heavy atom. The number of benzene rings is 1. The van der Waals surface area contributed by atoms with Crippen LogP contribution in [0.4, 0.5) is 0 Å². The lowest BCUT2D eigenvalue weighted by atomic mass is 10.0. The summed E-state index contributed by atoms with van der Waals surface area (Å²) in [6.07, 6.45) is 9.07. The van der Waals surface area contributed by atoms with E-state index in [-0.39, 0.29) is 5.91 Å². The maximum Gasteiger partial charge on any atom is 0.222 e. The summed E-state index contributed by atoms with van der Waals surface area (Å²) in [5.41, 5.74) is 6.08. The topological polar surface area (TPSA) is 85.5 Å². The first-order chi connectivity index (χ1) is 16.1. The molecule has 8 nitrogen and oxygen atoms in total. The van der Waals surface area contributed by atoms with Crippen LogP contribution in [0.15, 0.2) is 49.1 Å². The second kappa shape index (κ2) is 8.97. The van der Waals surface area contributed by atoms with E-state index in [2.05, 4.69) is 27.3 Å². The zero-order valence-electron chi connectivity index (χ0n) is 18.9. The lowest BCUT2D eigenvalue weighted by molar-refractivity contribution is -0.128. The minimum absolute atomic E-state index is 0.0961. The van der Waals surface area contributed by atoms with Crippen LogP contribution < -0.4 is 4.74 Å². The summed E-state index contributed by atoms with van der Waals surface area (Å²) in [5, 5.41) is 8.48. The van der Waals surface area contributed by atoms with E-state index in [1.807, 2.05) is 35.0 Å². The number of ether oxygens (including phenoxy) is 1. The average molecular weight is 443 g/mol. The Hall–Kier alpha value is -3.81. The first kappa shape index (κ1) is 21.1. The first-order valence-electron chi connectivity index (χ1n) is 11.2. The van der Waals surface area contributed by atoms with Crippen molar-refractivity contribution in [1.82, 2.24) is 29.5 Å². The van der Waals surface area contributed by atoms with Crippen molar-refractivity contribution in [2.45, 2.75) is 32.1 Å². The molecule has 0 saturated carbocycles. The molecule has 168 valence electrons. The first-order valence-corrected chi connectivity index (χ1v) is 11.2. The van der Waals surface area contributed by atoms with E-state index in [9.17, 15) is 4.79 Å². The molecular weight excluding hydrogens is 416 g/mol. The van der Waals surface area contributed by atoms with Crippen LogP contribution in [0.2, 0.25) is 0 Å². The standard InChI is InChI=1S/C25H26N6O2/c1-30(2)24(32)11-9-19-8-6-18(14-26-19)21-15-27-23(31-16-28-29-25(21)31)10-7-17-4-3-5-22-20(17)12-13-33-22/h3-6,8,14-16H,7,9-13H2,1-2H3. The lowest BCUT2D eigenvalue weighted by Crippen LogP contribution is -2.21. The Morgan fingerprint density at radius 3 is 2.82 bits per heavy atom. The predicted molar refractivity (Wildman–Crippen MR) is 124 cm³/mol. The van der Waals surface area contributed by atoms with E-state index in [0.29, 0.717) is 12.8 Å². The molecule has 0 spiro atoms. The lowest BCUT2D eigenvalue weighted by Gasteiger charge is -2.11. The van der Waals surface area contributed by atoms with Gasteiger partial charge in [-0.15, -0.1) is 10.2 Å². The number of hydrogen-bond donors (Lipinski definition) is 0. The van der Waals surface area contributed by atoms with Gasteiger partial charge >= 0.3 is 0 Å². The molecule has 1 aliphatic rings. The molecule has 0 aliphatic carbocycles. The molecule has 1 aliphatic heterocycles. The third-order valence-electron chi connectivity index (χ3n) is 6.10. The highest BCUT2D eigenvalue weighted by atomic mass is 16.5. The van der Waals surface area contributed by atoms with Gasteiger partial charge in [0.2, 0.25) is 5.91 Å². The maximum atomic E-state index is 11.8. The summed E-state index contributed by atoms with van der Waals surface area (Å²) in [6.45, 7) is 0.758. The van der Waals surface area contributed by atoms with Crippen LogP contribution in [0, 0.1) is 0 Å². The maximum absolute atomic E-state index is 11.8. The molecule has 1 amide bonds. The van der Waals surface area contributed by atoms with E-state index >= 15 is 0 Å². The predicted octanol–water partition coefficient (Wildman–Crippen LogP) is 2.93. The van der Waals surface area contributed by atoms with Gasteiger partial charge in [0.1, 0.15) is 17.9 Å². The number of rotatable bonds is 7. The van der Waals surface area contributed by atoms with Crippen LogP contribution in [-0.4, -0.2) is 56.1 Å². The summed E-state index contributed by atoms with van der Waals surface area (Å²) in [4.78, 5) is 22.7. The smallest absolute Gasteiger partial charge is 0.222 e. The number of amides is 1. The number of hydrogen-bond acceptors (Lipinski definition) is 6. The van der Waals surface area contributed by atoms with Gasteiger partial charge < -0.3 is 9.64 Å². The van der Waals surface area contributed by atoms with Gasteiger partial charge in [-0.3, -0.25) is 14.2 Å². The molecule has 33 heavy (non-hydrogen) atoms. The van der Waals surface area contributed by atoms with E-state index < -0.39 is 0 Å². The molecule has 0 fully saturated rings. The number of fused-ring (bicyclic) bond motifs is 2. The minimum Gasteiger partial charge on any atom is -0.493 e. The molecule has 5 rings (SSSR count). The highest BCUT2D eigenvalue weighted by Crippen LogP contribution is 2.29. The molecule has 4 aromatic rings. The summed E-state index contributed by atoms with van der Waals surface area (Å²) in [6, 6.07) is 10.2. The largest absolute Gasteiger partial charge is 0.493 e. The monoisotopic (exact) mass is 442 g/mol. The van der Waals surface area contributed by atoms with Gasteiger partial charge in [-0.2, -0.15) is 0 Å².